The number of hydrogen-bond acceptors (Lipinski definition) is 1. The van der Waals surface area contributed by atoms with E-state index in [1.165, 1.54) is 0 Å². The fraction of sp³-hybridized carbons (Fsp3) is 1.00. The molecular weight excluding hydrogens is 143 g/mol. The first-order chi connectivity index (χ1) is 5.13. The summed E-state index contributed by atoms with van der Waals surface area (Å²) < 4.78 is 13.8. The Morgan fingerprint density at radius 2 is 1.91 bits per heavy atom. The number of piperidine rings is 1. The third-order valence-corrected chi connectivity index (χ3v) is 3.52. The largest absolute Gasteiger partial charge is 0.135 e. The van der Waals surface area contributed by atoms with Crippen LogP contribution in [0.5, 0.6) is 0 Å². The first kappa shape index (κ1) is 7.50. The van der Waals surface area contributed by atoms with Crippen LogP contribution in [-0.4, -0.2) is 36.0 Å². The lowest BCUT2D eigenvalue weighted by atomic mass is 9.87. The molecule has 0 aliphatic carbocycles. The van der Waals surface area contributed by atoms with E-state index in [2.05, 4.69) is 6.92 Å². The monoisotopic (exact) mass is 159 g/mol. The van der Waals surface area contributed by atoms with Crippen molar-refractivity contribution in [2.45, 2.75) is 25.8 Å². The highest BCUT2D eigenvalue weighted by Gasteiger charge is 2.50. The van der Waals surface area contributed by atoms with Crippen LogP contribution >= 0.6 is 0 Å². The zero-order valence-corrected chi connectivity index (χ0v) is 7.26. The molecular formula is C8H16FN2+. The first-order valence-electron chi connectivity index (χ1n) is 4.43. The molecule has 64 valence electrons. The van der Waals surface area contributed by atoms with Gasteiger partial charge in [0.05, 0.1) is 6.04 Å². The van der Waals surface area contributed by atoms with Crippen LogP contribution in [0.1, 0.15) is 19.8 Å². The molecule has 0 radical (unpaired) electrons. The van der Waals surface area contributed by atoms with Gasteiger partial charge in [0, 0.05) is 24.4 Å². The van der Waals surface area contributed by atoms with Gasteiger partial charge in [0.1, 0.15) is 13.1 Å². The van der Waals surface area contributed by atoms with E-state index in [0.29, 0.717) is 19.1 Å². The molecule has 3 aliphatic heterocycles. The molecule has 11 heavy (non-hydrogen) atoms. The van der Waals surface area contributed by atoms with Crippen molar-refractivity contribution in [3.8, 4) is 0 Å². The molecule has 2 bridgehead atoms. The Balaban J connectivity index is 2.23. The highest BCUT2D eigenvalue weighted by Crippen LogP contribution is 2.37. The van der Waals surface area contributed by atoms with Gasteiger partial charge in [-0.25, -0.2) is 0 Å². The van der Waals surface area contributed by atoms with Gasteiger partial charge < -0.3 is 0 Å². The molecule has 2 nitrogen and oxygen atoms in total. The lowest BCUT2D eigenvalue weighted by molar-refractivity contribution is -1.16. The Bertz CT molecular complexity index is 163. The van der Waals surface area contributed by atoms with Crippen molar-refractivity contribution >= 4 is 0 Å². The number of fused-ring (bicyclic) bond motifs is 3. The summed E-state index contributed by atoms with van der Waals surface area (Å²) in [5.74, 6) is 0.746. The molecule has 1 atom stereocenters. The molecule has 3 saturated heterocycles. The maximum Gasteiger partial charge on any atom is 0.135 e. The smallest absolute Gasteiger partial charge is 0.117 e. The normalized spacial score (nSPS) is 51.5. The molecule has 1 unspecified atom stereocenters. The van der Waals surface area contributed by atoms with Crippen molar-refractivity contribution in [1.29, 1.82) is 0 Å². The van der Waals surface area contributed by atoms with Crippen molar-refractivity contribution in [2.75, 3.05) is 20.1 Å². The number of halogens is 1. The summed E-state index contributed by atoms with van der Waals surface area (Å²) in [6, 6.07) is 0.433. The van der Waals surface area contributed by atoms with Gasteiger partial charge in [-0.15, -0.1) is 5.01 Å². The fourth-order valence-corrected chi connectivity index (χ4v) is 2.41. The van der Waals surface area contributed by atoms with Gasteiger partial charge in [-0.2, -0.15) is 0 Å². The van der Waals surface area contributed by atoms with E-state index in [4.69, 9.17) is 0 Å². The van der Waals surface area contributed by atoms with Crippen LogP contribution in [0.25, 0.3) is 0 Å². The van der Waals surface area contributed by atoms with E-state index in [1.54, 1.807) is 0 Å². The topological polar surface area (TPSA) is 3.24 Å². The highest BCUT2D eigenvalue weighted by molar-refractivity contribution is 4.77. The molecule has 0 spiro atoms. The van der Waals surface area contributed by atoms with Crippen LogP contribution < -0.4 is 0 Å². The Kier molecular flexibility index (Phi) is 1.48. The molecule has 0 amide bonds. The van der Waals surface area contributed by atoms with Crippen LogP contribution in [-0.2, 0) is 0 Å². The Morgan fingerprint density at radius 1 is 1.36 bits per heavy atom. The van der Waals surface area contributed by atoms with E-state index >= 15 is 0 Å². The average molecular weight is 159 g/mol. The summed E-state index contributed by atoms with van der Waals surface area (Å²) in [6.45, 7) is 3.53. The number of quaternary nitrogens is 1. The molecule has 3 heteroatoms. The molecule has 0 aromatic carbocycles. The number of hydrogen-bond donors (Lipinski definition) is 0. The molecule has 3 aliphatic rings. The molecule has 0 aromatic rings. The molecule has 0 aromatic heterocycles. The third kappa shape index (κ3) is 0.908. The van der Waals surface area contributed by atoms with Crippen molar-refractivity contribution in [3.05, 3.63) is 0 Å². The second-order valence-electron chi connectivity index (χ2n) is 3.92. The molecule has 0 N–H and O–H groups in total. The molecule has 3 heterocycles. The number of rotatable bonds is 0. The van der Waals surface area contributed by atoms with Crippen molar-refractivity contribution < 1.29 is 9.30 Å². The average Bonchev–Trinajstić information content (AvgIpc) is 2.01. The van der Waals surface area contributed by atoms with Gasteiger partial charge in [-0.3, -0.25) is 0 Å². The summed E-state index contributed by atoms with van der Waals surface area (Å²) in [4.78, 5) is -0.308. The van der Waals surface area contributed by atoms with Crippen LogP contribution in [0.15, 0.2) is 0 Å². The minimum Gasteiger partial charge on any atom is -0.117 e. The standard InChI is InChI=1S/C8H16FN2/c1-7-8-3-5-11(9,6-4-8)10(7)2/h7-8H,3-6H2,1-2H3/q+1. The van der Waals surface area contributed by atoms with E-state index in [9.17, 15) is 4.48 Å². The Morgan fingerprint density at radius 3 is 2.27 bits per heavy atom. The summed E-state index contributed by atoms with van der Waals surface area (Å²) in [6.07, 6.45) is 2.14. The van der Waals surface area contributed by atoms with E-state index in [0.717, 1.165) is 18.8 Å². The summed E-state index contributed by atoms with van der Waals surface area (Å²) >= 11 is 0. The molecule has 0 saturated carbocycles. The summed E-state index contributed by atoms with van der Waals surface area (Å²) in [5.41, 5.74) is 0. The molecule has 3 rings (SSSR count). The van der Waals surface area contributed by atoms with Gasteiger partial charge in [-0.1, -0.05) is 4.81 Å². The van der Waals surface area contributed by atoms with Crippen LogP contribution in [0.3, 0.4) is 0 Å². The quantitative estimate of drug-likeness (QED) is 0.482. The maximum atomic E-state index is 13.8. The summed E-state index contributed by atoms with van der Waals surface area (Å²) in [5, 5.41) is 1.87. The van der Waals surface area contributed by atoms with Crippen molar-refractivity contribution in [3.63, 3.8) is 0 Å². The van der Waals surface area contributed by atoms with Crippen LogP contribution in [0, 0.1) is 5.92 Å². The van der Waals surface area contributed by atoms with Crippen molar-refractivity contribution in [1.82, 2.24) is 5.01 Å². The highest BCUT2D eigenvalue weighted by atomic mass is 19.2. The zero-order chi connectivity index (χ0) is 8.06. The Labute approximate surface area is 67.1 Å². The van der Waals surface area contributed by atoms with Crippen LogP contribution in [0.4, 0.5) is 4.48 Å². The van der Waals surface area contributed by atoms with E-state index in [1.807, 2.05) is 12.1 Å². The van der Waals surface area contributed by atoms with E-state index < -0.39 is 0 Å². The van der Waals surface area contributed by atoms with Gasteiger partial charge in [0.15, 0.2) is 0 Å². The Hall–Kier alpha value is -0.150. The van der Waals surface area contributed by atoms with E-state index in [-0.39, 0.29) is 4.81 Å². The zero-order valence-electron chi connectivity index (χ0n) is 7.26. The van der Waals surface area contributed by atoms with Gasteiger partial charge in [0.25, 0.3) is 0 Å². The predicted molar refractivity (Wildman–Crippen MR) is 41.1 cm³/mol. The molecule has 3 fully saturated rings. The van der Waals surface area contributed by atoms with Crippen molar-refractivity contribution in [2.24, 2.45) is 5.92 Å². The lowest BCUT2D eigenvalue weighted by Crippen LogP contribution is -2.66. The van der Waals surface area contributed by atoms with Gasteiger partial charge in [0.2, 0.25) is 0 Å². The van der Waals surface area contributed by atoms with Gasteiger partial charge >= 0.3 is 0 Å². The SMILES string of the molecule is CC1C2CC[N+](F)(CC2)N1C. The lowest BCUT2D eigenvalue weighted by Gasteiger charge is -2.49. The number of nitrogens with zero attached hydrogens (tertiary/aromatic N) is 2. The maximum absolute atomic E-state index is 13.8. The van der Waals surface area contributed by atoms with Gasteiger partial charge in [-0.05, 0) is 12.8 Å². The minimum atomic E-state index is -0.308. The third-order valence-electron chi connectivity index (χ3n) is 3.52. The minimum absolute atomic E-state index is 0.308. The second-order valence-corrected chi connectivity index (χ2v) is 3.92. The second kappa shape index (κ2) is 2.17. The predicted octanol–water partition coefficient (Wildman–Crippen LogP) is 1.35. The van der Waals surface area contributed by atoms with Crippen LogP contribution in [0.2, 0.25) is 0 Å². The fourth-order valence-electron chi connectivity index (χ4n) is 2.41. The first-order valence-corrected chi connectivity index (χ1v) is 4.43. The summed E-state index contributed by atoms with van der Waals surface area (Å²) in [7, 11) is 1.90.